The summed E-state index contributed by atoms with van der Waals surface area (Å²) >= 11 is 0. The molecule has 0 rings (SSSR count). The first-order valence-corrected chi connectivity index (χ1v) is 3.18. The summed E-state index contributed by atoms with van der Waals surface area (Å²) in [7, 11) is 0. The van der Waals surface area contributed by atoms with E-state index >= 15 is 0 Å². The van der Waals surface area contributed by atoms with E-state index in [2.05, 4.69) is 19.2 Å². The van der Waals surface area contributed by atoms with Crippen molar-refractivity contribution in [2.75, 3.05) is 13.1 Å². The van der Waals surface area contributed by atoms with Gasteiger partial charge in [-0.1, -0.05) is 13.8 Å². The fourth-order valence-electron chi connectivity index (χ4n) is 0.399. The topological polar surface area (TPSA) is 61.9 Å². The molecular formula is C6H15N3. The van der Waals surface area contributed by atoms with Gasteiger partial charge in [-0.15, -0.1) is 0 Å². The molecule has 0 aliphatic heterocycles. The van der Waals surface area contributed by atoms with Crippen LogP contribution in [0, 0.1) is 11.3 Å². The quantitative estimate of drug-likeness (QED) is 0.375. The molecule has 0 unspecified atom stereocenters. The molecule has 0 radical (unpaired) electrons. The molecule has 0 aliphatic rings. The van der Waals surface area contributed by atoms with Gasteiger partial charge in [-0.2, -0.15) is 0 Å². The van der Waals surface area contributed by atoms with Crippen LogP contribution in [0.15, 0.2) is 0 Å². The number of hydrogen-bond acceptors (Lipinski definition) is 2. The Morgan fingerprint density at radius 2 is 2.22 bits per heavy atom. The first-order chi connectivity index (χ1) is 4.16. The number of rotatable bonds is 3. The summed E-state index contributed by atoms with van der Waals surface area (Å²) in [5.74, 6) is 1.00. The lowest BCUT2D eigenvalue weighted by atomic mass is 10.2. The molecule has 0 saturated heterocycles. The molecule has 0 bridgehead atoms. The van der Waals surface area contributed by atoms with Gasteiger partial charge in [0.1, 0.15) is 5.84 Å². The Bertz CT molecular complexity index is 88.3. The van der Waals surface area contributed by atoms with Crippen molar-refractivity contribution in [3.05, 3.63) is 0 Å². The number of nitrogens with one attached hydrogen (secondary N) is 2. The summed E-state index contributed by atoms with van der Waals surface area (Å²) in [5, 5.41) is 9.98. The fraction of sp³-hybridized carbons (Fsp3) is 0.833. The maximum atomic E-state index is 7.09. The van der Waals surface area contributed by atoms with Crippen molar-refractivity contribution in [1.82, 2.24) is 5.32 Å². The maximum absolute atomic E-state index is 7.09. The Morgan fingerprint density at radius 3 is 2.56 bits per heavy atom. The van der Waals surface area contributed by atoms with Crippen LogP contribution in [0.2, 0.25) is 0 Å². The molecule has 0 atom stereocenters. The van der Waals surface area contributed by atoms with Crippen molar-refractivity contribution in [3.63, 3.8) is 0 Å². The Morgan fingerprint density at radius 1 is 1.67 bits per heavy atom. The van der Waals surface area contributed by atoms with Crippen LogP contribution in [-0.2, 0) is 0 Å². The highest BCUT2D eigenvalue weighted by Crippen LogP contribution is 1.85. The predicted octanol–water partition coefficient (Wildman–Crippen LogP) is 0.168. The Labute approximate surface area is 56.1 Å². The van der Waals surface area contributed by atoms with E-state index in [4.69, 9.17) is 11.1 Å². The van der Waals surface area contributed by atoms with Crippen LogP contribution >= 0.6 is 0 Å². The van der Waals surface area contributed by atoms with Gasteiger partial charge in [-0.05, 0) is 5.92 Å². The first-order valence-electron chi connectivity index (χ1n) is 3.18. The summed E-state index contributed by atoms with van der Waals surface area (Å²) in [5.41, 5.74) is 5.17. The van der Waals surface area contributed by atoms with Crippen LogP contribution in [0.25, 0.3) is 0 Å². The molecule has 0 heterocycles. The molecular weight excluding hydrogens is 114 g/mol. The number of hydrogen-bond donors (Lipinski definition) is 3. The zero-order chi connectivity index (χ0) is 7.28. The van der Waals surface area contributed by atoms with E-state index in [1.165, 1.54) is 0 Å². The van der Waals surface area contributed by atoms with Crippen LogP contribution < -0.4 is 11.1 Å². The molecule has 0 amide bonds. The number of amidine groups is 1. The second-order valence-electron chi connectivity index (χ2n) is 2.46. The molecule has 0 aliphatic carbocycles. The summed E-state index contributed by atoms with van der Waals surface area (Å²) < 4.78 is 0. The third kappa shape index (κ3) is 5.30. The van der Waals surface area contributed by atoms with E-state index in [9.17, 15) is 0 Å². The van der Waals surface area contributed by atoms with E-state index in [0.717, 1.165) is 6.54 Å². The summed E-state index contributed by atoms with van der Waals surface area (Å²) in [6.07, 6.45) is 0. The molecule has 9 heavy (non-hydrogen) atoms. The third-order valence-corrected chi connectivity index (χ3v) is 0.928. The highest BCUT2D eigenvalue weighted by atomic mass is 14.9. The largest absolute Gasteiger partial charge is 0.373 e. The molecule has 0 spiro atoms. The van der Waals surface area contributed by atoms with Gasteiger partial charge >= 0.3 is 0 Å². The SMILES string of the molecule is CC(C)CNC(=N)CN. The molecule has 0 fully saturated rings. The minimum absolute atomic E-state index is 0.312. The molecule has 0 aromatic carbocycles. The minimum Gasteiger partial charge on any atom is -0.373 e. The third-order valence-electron chi connectivity index (χ3n) is 0.928. The maximum Gasteiger partial charge on any atom is 0.107 e. The first kappa shape index (κ1) is 8.43. The normalized spacial score (nSPS) is 9.78. The lowest BCUT2D eigenvalue weighted by Gasteiger charge is -2.07. The predicted molar refractivity (Wildman–Crippen MR) is 39.6 cm³/mol. The fourth-order valence-corrected chi connectivity index (χ4v) is 0.399. The van der Waals surface area contributed by atoms with E-state index < -0.39 is 0 Å². The van der Waals surface area contributed by atoms with E-state index in [1.807, 2.05) is 0 Å². The second-order valence-corrected chi connectivity index (χ2v) is 2.46. The minimum atomic E-state index is 0.312. The van der Waals surface area contributed by atoms with Crippen LogP contribution in [-0.4, -0.2) is 18.9 Å². The Balaban J connectivity index is 3.17. The van der Waals surface area contributed by atoms with Crippen molar-refractivity contribution in [2.24, 2.45) is 11.7 Å². The van der Waals surface area contributed by atoms with Gasteiger partial charge in [-0.3, -0.25) is 5.41 Å². The number of nitrogens with two attached hydrogens (primary N) is 1. The smallest absolute Gasteiger partial charge is 0.107 e. The van der Waals surface area contributed by atoms with Crippen LogP contribution in [0.3, 0.4) is 0 Å². The summed E-state index contributed by atoms with van der Waals surface area (Å²) in [6.45, 7) is 5.34. The van der Waals surface area contributed by atoms with Crippen LogP contribution in [0.4, 0.5) is 0 Å². The monoisotopic (exact) mass is 129 g/mol. The second kappa shape index (κ2) is 4.32. The summed E-state index contributed by atoms with van der Waals surface area (Å²) in [4.78, 5) is 0. The van der Waals surface area contributed by atoms with Gasteiger partial charge in [0.25, 0.3) is 0 Å². The van der Waals surface area contributed by atoms with Crippen molar-refractivity contribution in [2.45, 2.75) is 13.8 Å². The molecule has 0 saturated carbocycles. The van der Waals surface area contributed by atoms with Crippen molar-refractivity contribution in [3.8, 4) is 0 Å². The van der Waals surface area contributed by atoms with Crippen LogP contribution in [0.1, 0.15) is 13.8 Å². The standard InChI is InChI=1S/C6H15N3/c1-5(2)4-9-6(8)3-7/h5H,3-4,7H2,1-2H3,(H2,8,9). The van der Waals surface area contributed by atoms with Gasteiger partial charge in [0.2, 0.25) is 0 Å². The van der Waals surface area contributed by atoms with Gasteiger partial charge in [-0.25, -0.2) is 0 Å². The van der Waals surface area contributed by atoms with E-state index in [0.29, 0.717) is 18.3 Å². The highest BCUT2D eigenvalue weighted by molar-refractivity contribution is 5.80. The molecule has 0 aromatic rings. The molecule has 3 nitrogen and oxygen atoms in total. The van der Waals surface area contributed by atoms with Crippen molar-refractivity contribution in [1.29, 1.82) is 5.41 Å². The lowest BCUT2D eigenvalue weighted by molar-refractivity contribution is 0.621. The lowest BCUT2D eigenvalue weighted by Crippen LogP contribution is -2.32. The zero-order valence-electron chi connectivity index (χ0n) is 6.07. The van der Waals surface area contributed by atoms with Gasteiger partial charge < -0.3 is 11.1 Å². The van der Waals surface area contributed by atoms with E-state index in [-0.39, 0.29) is 0 Å². The Kier molecular flexibility index (Phi) is 4.05. The Hall–Kier alpha value is -0.570. The van der Waals surface area contributed by atoms with Gasteiger partial charge in [0.05, 0.1) is 6.54 Å². The molecule has 0 aromatic heterocycles. The van der Waals surface area contributed by atoms with Crippen molar-refractivity contribution < 1.29 is 0 Å². The van der Waals surface area contributed by atoms with Crippen LogP contribution in [0.5, 0.6) is 0 Å². The summed E-state index contributed by atoms with van der Waals surface area (Å²) in [6, 6.07) is 0. The average molecular weight is 129 g/mol. The highest BCUT2D eigenvalue weighted by Gasteiger charge is 1.93. The van der Waals surface area contributed by atoms with E-state index in [1.54, 1.807) is 0 Å². The molecule has 54 valence electrons. The molecule has 4 N–H and O–H groups in total. The average Bonchev–Trinajstić information content (AvgIpc) is 1.83. The molecule has 3 heteroatoms. The zero-order valence-corrected chi connectivity index (χ0v) is 6.07. The van der Waals surface area contributed by atoms with Crippen molar-refractivity contribution >= 4 is 5.84 Å². The van der Waals surface area contributed by atoms with Gasteiger partial charge in [0.15, 0.2) is 0 Å². The van der Waals surface area contributed by atoms with Gasteiger partial charge in [0, 0.05) is 6.54 Å².